The highest BCUT2D eigenvalue weighted by atomic mass is 32.2. The van der Waals surface area contributed by atoms with Gasteiger partial charge in [0.1, 0.15) is 13.2 Å². The molecule has 166 valence electrons. The van der Waals surface area contributed by atoms with E-state index in [1.54, 1.807) is 12.1 Å². The first-order chi connectivity index (χ1) is 14.9. The molecule has 0 atom stereocenters. The number of sulfonamides is 1. The van der Waals surface area contributed by atoms with Crippen LogP contribution in [0.15, 0.2) is 41.3 Å². The van der Waals surface area contributed by atoms with Gasteiger partial charge in [0.2, 0.25) is 10.0 Å². The monoisotopic (exact) mass is 445 g/mol. The molecule has 0 aliphatic carbocycles. The van der Waals surface area contributed by atoms with E-state index in [4.69, 9.17) is 9.47 Å². The summed E-state index contributed by atoms with van der Waals surface area (Å²) in [6, 6.07) is 10.3. The Hall–Kier alpha value is -2.78. The first kappa shape index (κ1) is 21.5. The molecule has 2 aliphatic heterocycles. The number of nitrogens with zero attached hydrogens (tertiary/aromatic N) is 2. The molecule has 0 radical (unpaired) electrons. The SMILES string of the molecule is CN(C)S(=O)(=O)c1ccc(N2CCCC2)c(C(=O)NCc2cccc3c2OCCO3)c1. The number of rotatable bonds is 6. The Morgan fingerprint density at radius 1 is 1.10 bits per heavy atom. The molecule has 1 saturated heterocycles. The van der Waals surface area contributed by atoms with Gasteiger partial charge in [0, 0.05) is 45.0 Å². The number of benzene rings is 2. The van der Waals surface area contributed by atoms with Crippen molar-refractivity contribution in [3.05, 3.63) is 47.5 Å². The van der Waals surface area contributed by atoms with Crippen LogP contribution in [-0.4, -0.2) is 59.0 Å². The number of hydrogen-bond donors (Lipinski definition) is 1. The van der Waals surface area contributed by atoms with Gasteiger partial charge in [-0.15, -0.1) is 0 Å². The van der Waals surface area contributed by atoms with E-state index in [9.17, 15) is 13.2 Å². The summed E-state index contributed by atoms with van der Waals surface area (Å²) in [6.07, 6.45) is 2.10. The third-order valence-electron chi connectivity index (χ3n) is 5.53. The van der Waals surface area contributed by atoms with Gasteiger partial charge in [0.15, 0.2) is 11.5 Å². The maximum Gasteiger partial charge on any atom is 0.253 e. The molecule has 0 bridgehead atoms. The van der Waals surface area contributed by atoms with Crippen LogP contribution in [0.4, 0.5) is 5.69 Å². The number of carbonyl (C=O) groups excluding carboxylic acids is 1. The number of amides is 1. The molecule has 9 heteroatoms. The Labute approximate surface area is 182 Å². The standard InChI is InChI=1S/C22H27N3O5S/c1-24(2)31(27,28)17-8-9-19(25-10-3-4-11-25)18(14-17)22(26)23-15-16-6-5-7-20-21(16)30-13-12-29-20/h5-9,14H,3-4,10-13,15H2,1-2H3,(H,23,26). The van der Waals surface area contributed by atoms with E-state index in [0.717, 1.165) is 41.5 Å². The molecule has 2 aliphatic rings. The van der Waals surface area contributed by atoms with E-state index in [2.05, 4.69) is 10.2 Å². The van der Waals surface area contributed by atoms with Gasteiger partial charge in [-0.3, -0.25) is 4.79 Å². The average molecular weight is 446 g/mol. The van der Waals surface area contributed by atoms with Crippen molar-refractivity contribution < 1.29 is 22.7 Å². The van der Waals surface area contributed by atoms with Crippen molar-refractivity contribution in [2.24, 2.45) is 0 Å². The molecule has 1 N–H and O–H groups in total. The van der Waals surface area contributed by atoms with E-state index in [-0.39, 0.29) is 17.3 Å². The zero-order valence-electron chi connectivity index (χ0n) is 17.8. The second-order valence-electron chi connectivity index (χ2n) is 7.78. The minimum absolute atomic E-state index is 0.0967. The van der Waals surface area contributed by atoms with Gasteiger partial charge in [-0.05, 0) is 37.1 Å². The van der Waals surface area contributed by atoms with Crippen LogP contribution in [0.1, 0.15) is 28.8 Å². The maximum atomic E-state index is 13.2. The van der Waals surface area contributed by atoms with Crippen molar-refractivity contribution in [2.45, 2.75) is 24.3 Å². The van der Waals surface area contributed by atoms with Crippen LogP contribution in [0.2, 0.25) is 0 Å². The lowest BCUT2D eigenvalue weighted by Gasteiger charge is -2.23. The predicted molar refractivity (Wildman–Crippen MR) is 117 cm³/mol. The molecule has 0 aromatic heterocycles. The number of ether oxygens (including phenoxy) is 2. The summed E-state index contributed by atoms with van der Waals surface area (Å²) in [7, 11) is -0.702. The van der Waals surface area contributed by atoms with Crippen molar-refractivity contribution in [3.63, 3.8) is 0 Å². The summed E-state index contributed by atoms with van der Waals surface area (Å²) >= 11 is 0. The van der Waals surface area contributed by atoms with Crippen molar-refractivity contribution in [1.82, 2.24) is 9.62 Å². The van der Waals surface area contributed by atoms with E-state index in [1.165, 1.54) is 20.2 Å². The van der Waals surface area contributed by atoms with Crippen LogP contribution < -0.4 is 19.7 Å². The molecule has 0 unspecified atom stereocenters. The Morgan fingerprint density at radius 2 is 1.84 bits per heavy atom. The van der Waals surface area contributed by atoms with E-state index >= 15 is 0 Å². The third-order valence-corrected chi connectivity index (χ3v) is 7.34. The van der Waals surface area contributed by atoms with Crippen LogP contribution in [0.5, 0.6) is 11.5 Å². The number of carbonyl (C=O) groups is 1. The van der Waals surface area contributed by atoms with Gasteiger partial charge >= 0.3 is 0 Å². The van der Waals surface area contributed by atoms with Crippen LogP contribution >= 0.6 is 0 Å². The number of anilines is 1. The van der Waals surface area contributed by atoms with Crippen LogP contribution in [0, 0.1) is 0 Å². The van der Waals surface area contributed by atoms with Gasteiger partial charge in [0.25, 0.3) is 5.91 Å². The van der Waals surface area contributed by atoms with E-state index in [1.807, 2.05) is 18.2 Å². The number of hydrogen-bond acceptors (Lipinski definition) is 6. The molecule has 0 saturated carbocycles. The molecular weight excluding hydrogens is 418 g/mol. The normalized spacial score (nSPS) is 15.9. The van der Waals surface area contributed by atoms with Gasteiger partial charge in [-0.1, -0.05) is 12.1 Å². The van der Waals surface area contributed by atoms with Crippen LogP contribution in [-0.2, 0) is 16.6 Å². The van der Waals surface area contributed by atoms with Crippen molar-refractivity contribution in [2.75, 3.05) is 45.3 Å². The van der Waals surface area contributed by atoms with E-state index < -0.39 is 10.0 Å². The van der Waals surface area contributed by atoms with Gasteiger partial charge in [-0.2, -0.15) is 0 Å². The maximum absolute atomic E-state index is 13.2. The minimum Gasteiger partial charge on any atom is -0.486 e. The quantitative estimate of drug-likeness (QED) is 0.734. The summed E-state index contributed by atoms with van der Waals surface area (Å²) in [6.45, 7) is 2.89. The Balaban J connectivity index is 1.63. The third kappa shape index (κ3) is 4.33. The molecule has 2 aromatic rings. The Kier molecular flexibility index (Phi) is 6.06. The number of fused-ring (bicyclic) bond motifs is 1. The molecule has 2 heterocycles. The van der Waals surface area contributed by atoms with Crippen LogP contribution in [0.25, 0.3) is 0 Å². The highest BCUT2D eigenvalue weighted by Gasteiger charge is 2.25. The predicted octanol–water partition coefficient (Wildman–Crippen LogP) is 2.24. The molecule has 4 rings (SSSR count). The molecule has 1 fully saturated rings. The highest BCUT2D eigenvalue weighted by Crippen LogP contribution is 2.34. The molecular formula is C22H27N3O5S. The molecule has 0 spiro atoms. The first-order valence-electron chi connectivity index (χ1n) is 10.3. The summed E-state index contributed by atoms with van der Waals surface area (Å²) in [4.78, 5) is 15.4. The van der Waals surface area contributed by atoms with Gasteiger partial charge < -0.3 is 19.7 Å². The molecule has 8 nitrogen and oxygen atoms in total. The van der Waals surface area contributed by atoms with Gasteiger partial charge in [-0.25, -0.2) is 12.7 Å². The summed E-state index contributed by atoms with van der Waals surface area (Å²) in [5.74, 6) is 0.972. The molecule has 1 amide bonds. The Morgan fingerprint density at radius 3 is 2.58 bits per heavy atom. The minimum atomic E-state index is -3.65. The lowest BCUT2D eigenvalue weighted by Crippen LogP contribution is -2.29. The zero-order valence-corrected chi connectivity index (χ0v) is 18.6. The fourth-order valence-electron chi connectivity index (χ4n) is 3.85. The molecule has 31 heavy (non-hydrogen) atoms. The molecule has 2 aromatic carbocycles. The first-order valence-corrected chi connectivity index (χ1v) is 11.8. The number of nitrogens with one attached hydrogen (secondary N) is 1. The van der Waals surface area contributed by atoms with E-state index in [0.29, 0.717) is 30.3 Å². The van der Waals surface area contributed by atoms with Crippen molar-refractivity contribution >= 4 is 21.6 Å². The number of para-hydroxylation sites is 1. The summed E-state index contributed by atoms with van der Waals surface area (Å²) in [5, 5.41) is 2.93. The summed E-state index contributed by atoms with van der Waals surface area (Å²) < 4.78 is 37.7. The highest BCUT2D eigenvalue weighted by molar-refractivity contribution is 7.89. The zero-order chi connectivity index (χ0) is 22.0. The van der Waals surface area contributed by atoms with Crippen molar-refractivity contribution in [3.8, 4) is 11.5 Å². The Bertz CT molecular complexity index is 1080. The fourth-order valence-corrected chi connectivity index (χ4v) is 4.77. The summed E-state index contributed by atoms with van der Waals surface area (Å²) in [5.41, 5.74) is 1.92. The smallest absolute Gasteiger partial charge is 0.253 e. The fraction of sp³-hybridized carbons (Fsp3) is 0.409. The average Bonchev–Trinajstić information content (AvgIpc) is 3.31. The van der Waals surface area contributed by atoms with Gasteiger partial charge in [0.05, 0.1) is 10.5 Å². The lowest BCUT2D eigenvalue weighted by atomic mass is 10.1. The van der Waals surface area contributed by atoms with Crippen LogP contribution in [0.3, 0.4) is 0 Å². The second kappa shape index (κ2) is 8.76. The van der Waals surface area contributed by atoms with Crippen molar-refractivity contribution in [1.29, 1.82) is 0 Å². The largest absolute Gasteiger partial charge is 0.486 e. The lowest BCUT2D eigenvalue weighted by molar-refractivity contribution is 0.0950. The topological polar surface area (TPSA) is 88.2 Å². The second-order valence-corrected chi connectivity index (χ2v) is 9.94.